The standard InChI is InChI=1S/C10H9IN4O/c11-9-12-6-8(14-9)15-10(16)13-7-4-2-1-3-5-7/h1-6H,(H,12,14)(H2,13,15,16). The van der Waals surface area contributed by atoms with Gasteiger partial charge in [-0.3, -0.25) is 5.32 Å². The molecule has 2 aromatic rings. The number of para-hydroxylation sites is 1. The molecular formula is C10H9IN4O. The first kappa shape index (κ1) is 10.9. The molecule has 2 rings (SSSR count). The van der Waals surface area contributed by atoms with Crippen LogP contribution in [0.15, 0.2) is 36.5 Å². The van der Waals surface area contributed by atoms with Crippen molar-refractivity contribution in [2.75, 3.05) is 10.6 Å². The minimum atomic E-state index is -0.300. The zero-order chi connectivity index (χ0) is 11.4. The summed E-state index contributed by atoms with van der Waals surface area (Å²) in [4.78, 5) is 18.4. The molecule has 0 radical (unpaired) electrons. The van der Waals surface area contributed by atoms with Gasteiger partial charge in [0.25, 0.3) is 0 Å². The molecule has 82 valence electrons. The van der Waals surface area contributed by atoms with Gasteiger partial charge in [-0.05, 0) is 34.7 Å². The molecule has 1 aromatic carbocycles. The number of nitrogens with zero attached hydrogens (tertiary/aromatic N) is 1. The maximum atomic E-state index is 11.5. The number of nitrogens with one attached hydrogen (secondary N) is 3. The van der Waals surface area contributed by atoms with E-state index in [-0.39, 0.29) is 6.03 Å². The van der Waals surface area contributed by atoms with Crippen molar-refractivity contribution in [3.8, 4) is 0 Å². The molecule has 0 spiro atoms. The van der Waals surface area contributed by atoms with Crippen LogP contribution in [0.25, 0.3) is 0 Å². The first-order valence-corrected chi connectivity index (χ1v) is 5.65. The Morgan fingerprint density at radius 1 is 1.25 bits per heavy atom. The number of H-pyrrole nitrogens is 1. The molecule has 0 saturated carbocycles. The number of rotatable bonds is 2. The lowest BCUT2D eigenvalue weighted by Gasteiger charge is -2.04. The maximum Gasteiger partial charge on any atom is 0.324 e. The molecule has 16 heavy (non-hydrogen) atoms. The van der Waals surface area contributed by atoms with Gasteiger partial charge in [0.2, 0.25) is 0 Å². The van der Waals surface area contributed by atoms with E-state index >= 15 is 0 Å². The second kappa shape index (κ2) is 4.97. The number of anilines is 2. The second-order valence-corrected chi connectivity index (χ2v) is 4.05. The van der Waals surface area contributed by atoms with Crippen LogP contribution in [0.1, 0.15) is 0 Å². The number of benzene rings is 1. The lowest BCUT2D eigenvalue weighted by Crippen LogP contribution is -2.19. The molecule has 0 aliphatic heterocycles. The molecule has 0 aliphatic rings. The van der Waals surface area contributed by atoms with Gasteiger partial charge in [-0.1, -0.05) is 18.2 Å². The largest absolute Gasteiger partial charge is 0.324 e. The molecule has 1 heterocycles. The van der Waals surface area contributed by atoms with Gasteiger partial charge in [-0.2, -0.15) is 0 Å². The van der Waals surface area contributed by atoms with Crippen LogP contribution < -0.4 is 10.6 Å². The van der Waals surface area contributed by atoms with E-state index in [0.29, 0.717) is 5.82 Å². The van der Waals surface area contributed by atoms with E-state index in [9.17, 15) is 4.79 Å². The summed E-state index contributed by atoms with van der Waals surface area (Å²) in [6, 6.07) is 8.93. The average molecular weight is 328 g/mol. The Morgan fingerprint density at radius 3 is 2.62 bits per heavy atom. The van der Waals surface area contributed by atoms with E-state index in [4.69, 9.17) is 0 Å². The molecule has 1 aromatic heterocycles. The van der Waals surface area contributed by atoms with Gasteiger partial charge < -0.3 is 10.3 Å². The Bertz CT molecular complexity index is 483. The fraction of sp³-hybridized carbons (Fsp3) is 0. The summed E-state index contributed by atoms with van der Waals surface area (Å²) in [5.74, 6) is 0.567. The van der Waals surface area contributed by atoms with Crippen molar-refractivity contribution in [1.29, 1.82) is 0 Å². The number of hydrogen-bond donors (Lipinski definition) is 3. The fourth-order valence-corrected chi connectivity index (χ4v) is 1.60. The number of amides is 2. The van der Waals surface area contributed by atoms with Crippen molar-refractivity contribution >= 4 is 40.1 Å². The van der Waals surface area contributed by atoms with Crippen LogP contribution in [-0.4, -0.2) is 16.0 Å². The zero-order valence-electron chi connectivity index (χ0n) is 8.20. The van der Waals surface area contributed by atoms with Crippen LogP contribution in [0.2, 0.25) is 0 Å². The van der Waals surface area contributed by atoms with Gasteiger partial charge in [-0.25, -0.2) is 9.78 Å². The Kier molecular flexibility index (Phi) is 3.40. The van der Waals surface area contributed by atoms with E-state index in [2.05, 4.69) is 20.6 Å². The molecule has 0 saturated heterocycles. The Hall–Kier alpha value is -1.57. The number of hydrogen-bond acceptors (Lipinski definition) is 2. The minimum Gasteiger partial charge on any atom is -0.320 e. The highest BCUT2D eigenvalue weighted by atomic mass is 127. The minimum absolute atomic E-state index is 0.300. The number of urea groups is 1. The molecule has 3 N–H and O–H groups in total. The van der Waals surface area contributed by atoms with Gasteiger partial charge in [0.1, 0.15) is 5.82 Å². The zero-order valence-corrected chi connectivity index (χ0v) is 10.4. The highest BCUT2D eigenvalue weighted by Crippen LogP contribution is 2.08. The van der Waals surface area contributed by atoms with Gasteiger partial charge >= 0.3 is 6.03 Å². The van der Waals surface area contributed by atoms with Crippen molar-refractivity contribution in [2.24, 2.45) is 0 Å². The van der Waals surface area contributed by atoms with E-state index in [1.54, 1.807) is 6.20 Å². The predicted molar refractivity (Wildman–Crippen MR) is 70.4 cm³/mol. The average Bonchev–Trinajstić information content (AvgIpc) is 2.65. The summed E-state index contributed by atoms with van der Waals surface area (Å²) >= 11 is 2.03. The Labute approximate surface area is 106 Å². The smallest absolute Gasteiger partial charge is 0.320 e. The van der Waals surface area contributed by atoms with Crippen LogP contribution in [0.4, 0.5) is 16.3 Å². The number of carbonyl (C=O) groups is 1. The predicted octanol–water partition coefficient (Wildman–Crippen LogP) is 2.66. The fourth-order valence-electron chi connectivity index (χ4n) is 1.17. The molecule has 0 fully saturated rings. The second-order valence-electron chi connectivity index (χ2n) is 3.03. The summed E-state index contributed by atoms with van der Waals surface area (Å²) in [6.07, 6.45) is 1.56. The highest BCUT2D eigenvalue weighted by molar-refractivity contribution is 14.1. The van der Waals surface area contributed by atoms with Crippen molar-refractivity contribution < 1.29 is 4.79 Å². The number of aromatic nitrogens is 2. The van der Waals surface area contributed by atoms with Crippen LogP contribution in [-0.2, 0) is 0 Å². The number of imidazole rings is 1. The van der Waals surface area contributed by atoms with E-state index in [0.717, 1.165) is 9.52 Å². The highest BCUT2D eigenvalue weighted by Gasteiger charge is 2.03. The summed E-state index contributed by atoms with van der Waals surface area (Å²) in [5.41, 5.74) is 0.745. The monoisotopic (exact) mass is 328 g/mol. The SMILES string of the molecule is O=C(Nc1ccccc1)Nc1cnc(I)[nH]1. The van der Waals surface area contributed by atoms with E-state index in [1.807, 2.05) is 52.9 Å². The molecular weight excluding hydrogens is 319 g/mol. The summed E-state index contributed by atoms with van der Waals surface area (Å²) in [5, 5.41) is 5.34. The molecule has 0 bridgehead atoms. The van der Waals surface area contributed by atoms with E-state index in [1.165, 1.54) is 0 Å². The van der Waals surface area contributed by atoms with E-state index < -0.39 is 0 Å². The summed E-state index contributed by atoms with van der Waals surface area (Å²) in [7, 11) is 0. The molecule has 2 amide bonds. The lowest BCUT2D eigenvalue weighted by atomic mass is 10.3. The topological polar surface area (TPSA) is 69.8 Å². The lowest BCUT2D eigenvalue weighted by molar-refractivity contribution is 0.262. The Morgan fingerprint density at radius 2 is 2.00 bits per heavy atom. The Balaban J connectivity index is 1.95. The first-order chi connectivity index (χ1) is 7.74. The molecule has 0 atom stereocenters. The molecule has 6 heteroatoms. The van der Waals surface area contributed by atoms with Crippen LogP contribution in [0.5, 0.6) is 0 Å². The van der Waals surface area contributed by atoms with Gasteiger partial charge in [0.05, 0.1) is 6.20 Å². The third-order valence-corrected chi connectivity index (χ3v) is 2.37. The van der Waals surface area contributed by atoms with Crippen molar-refractivity contribution in [2.45, 2.75) is 0 Å². The van der Waals surface area contributed by atoms with Crippen LogP contribution in [0, 0.1) is 3.83 Å². The van der Waals surface area contributed by atoms with Crippen molar-refractivity contribution in [3.63, 3.8) is 0 Å². The normalized spacial score (nSPS) is 9.81. The maximum absolute atomic E-state index is 11.5. The quantitative estimate of drug-likeness (QED) is 0.742. The third-order valence-electron chi connectivity index (χ3n) is 1.82. The molecule has 5 nitrogen and oxygen atoms in total. The first-order valence-electron chi connectivity index (χ1n) is 4.57. The number of aromatic amines is 1. The summed E-state index contributed by atoms with van der Waals surface area (Å²) < 4.78 is 0.729. The molecule has 0 aliphatic carbocycles. The van der Waals surface area contributed by atoms with Crippen molar-refractivity contribution in [1.82, 2.24) is 9.97 Å². The number of halogens is 1. The van der Waals surface area contributed by atoms with Gasteiger partial charge in [-0.15, -0.1) is 0 Å². The van der Waals surface area contributed by atoms with Crippen molar-refractivity contribution in [3.05, 3.63) is 40.4 Å². The van der Waals surface area contributed by atoms with Crippen LogP contribution >= 0.6 is 22.6 Å². The molecule has 0 unspecified atom stereocenters. The number of carbonyl (C=O) groups excluding carboxylic acids is 1. The van der Waals surface area contributed by atoms with Gasteiger partial charge in [0.15, 0.2) is 3.83 Å². The van der Waals surface area contributed by atoms with Gasteiger partial charge in [0, 0.05) is 5.69 Å². The third kappa shape index (κ3) is 2.96. The van der Waals surface area contributed by atoms with Crippen LogP contribution in [0.3, 0.4) is 0 Å². The summed E-state index contributed by atoms with van der Waals surface area (Å²) in [6.45, 7) is 0.